The van der Waals surface area contributed by atoms with E-state index < -0.39 is 0 Å². The Labute approximate surface area is 116 Å². The second-order valence-corrected chi connectivity index (χ2v) is 4.75. The number of hydrogen-bond acceptors (Lipinski definition) is 4. The van der Waals surface area contributed by atoms with Crippen LogP contribution in [0.3, 0.4) is 0 Å². The summed E-state index contributed by atoms with van der Waals surface area (Å²) in [6.07, 6.45) is 0. The minimum absolute atomic E-state index is 0.247. The largest absolute Gasteiger partial charge is 0.477 e. The zero-order valence-corrected chi connectivity index (χ0v) is 11.1. The third-order valence-electron chi connectivity index (χ3n) is 3.60. The molecule has 98 valence electrons. The van der Waals surface area contributed by atoms with Crippen LogP contribution in [0.2, 0.25) is 0 Å². The maximum atomic E-state index is 5.82. The van der Waals surface area contributed by atoms with Gasteiger partial charge in [0.05, 0.1) is 17.9 Å². The summed E-state index contributed by atoms with van der Waals surface area (Å²) in [5.41, 5.74) is 9.86. The minimum Gasteiger partial charge on any atom is -0.477 e. The van der Waals surface area contributed by atoms with Crippen molar-refractivity contribution in [2.75, 3.05) is 12.3 Å². The van der Waals surface area contributed by atoms with Gasteiger partial charge in [0.15, 0.2) is 0 Å². The van der Waals surface area contributed by atoms with E-state index in [0.29, 0.717) is 12.5 Å². The van der Waals surface area contributed by atoms with E-state index in [2.05, 4.69) is 34.2 Å². The second-order valence-electron chi connectivity index (χ2n) is 4.75. The van der Waals surface area contributed by atoms with Crippen LogP contribution in [-0.2, 0) is 0 Å². The molecule has 1 aliphatic rings. The average Bonchev–Trinajstić information content (AvgIpc) is 2.76. The summed E-state index contributed by atoms with van der Waals surface area (Å²) in [5, 5.41) is 2.39. The van der Waals surface area contributed by atoms with Crippen LogP contribution in [0.15, 0.2) is 36.4 Å². The van der Waals surface area contributed by atoms with E-state index in [1.54, 1.807) is 0 Å². The fourth-order valence-corrected chi connectivity index (χ4v) is 2.88. The van der Waals surface area contributed by atoms with Crippen LogP contribution in [0.4, 0.5) is 5.95 Å². The number of hydrogen-bond donors (Lipinski definition) is 1. The smallest absolute Gasteiger partial charge is 0.226 e. The lowest BCUT2D eigenvalue weighted by molar-refractivity contribution is 0.328. The molecule has 4 rings (SSSR count). The van der Waals surface area contributed by atoms with Gasteiger partial charge in [0.1, 0.15) is 0 Å². The van der Waals surface area contributed by atoms with Crippen LogP contribution in [0, 0.1) is 0 Å². The van der Waals surface area contributed by atoms with E-state index >= 15 is 0 Å². The van der Waals surface area contributed by atoms with Gasteiger partial charge in [0.2, 0.25) is 11.8 Å². The van der Waals surface area contributed by atoms with Crippen molar-refractivity contribution < 1.29 is 4.74 Å². The molecule has 0 fully saturated rings. The van der Waals surface area contributed by atoms with E-state index in [1.165, 1.54) is 10.8 Å². The van der Waals surface area contributed by atoms with E-state index in [-0.39, 0.29) is 5.95 Å². The molecule has 1 aliphatic carbocycles. The molecule has 1 heterocycles. The summed E-state index contributed by atoms with van der Waals surface area (Å²) in [5.74, 6) is 0.815. The number of rotatable bonds is 2. The highest BCUT2D eigenvalue weighted by Crippen LogP contribution is 2.49. The van der Waals surface area contributed by atoms with Crippen molar-refractivity contribution >= 4 is 16.7 Å². The zero-order valence-electron chi connectivity index (χ0n) is 11.1. The van der Waals surface area contributed by atoms with Gasteiger partial charge in [-0.1, -0.05) is 36.4 Å². The molecule has 0 bridgehead atoms. The molecule has 2 aromatic carbocycles. The first-order chi connectivity index (χ1) is 9.79. The standard InChI is InChI=1S/C16H13N3O/c1-2-20-15-13-10-7-3-5-9-6-4-8-11(12(9)10)14(13)18-16(17)19-15/h3-8H,2H2,1H3,(H2,17,18,19). The minimum atomic E-state index is 0.247. The van der Waals surface area contributed by atoms with Crippen LogP contribution in [0.25, 0.3) is 33.2 Å². The zero-order chi connectivity index (χ0) is 13.7. The van der Waals surface area contributed by atoms with Crippen molar-refractivity contribution in [2.24, 2.45) is 0 Å². The lowest BCUT2D eigenvalue weighted by Crippen LogP contribution is -2.02. The number of aromatic nitrogens is 2. The monoisotopic (exact) mass is 263 g/mol. The number of anilines is 1. The average molecular weight is 263 g/mol. The van der Waals surface area contributed by atoms with Crippen molar-refractivity contribution in [2.45, 2.75) is 6.92 Å². The molecule has 1 aromatic heterocycles. The van der Waals surface area contributed by atoms with Gasteiger partial charge in [0, 0.05) is 5.56 Å². The third-order valence-corrected chi connectivity index (χ3v) is 3.60. The lowest BCUT2D eigenvalue weighted by atomic mass is 10.0. The van der Waals surface area contributed by atoms with Gasteiger partial charge in [-0.25, -0.2) is 4.98 Å². The summed E-state index contributed by atoms with van der Waals surface area (Å²) in [7, 11) is 0. The summed E-state index contributed by atoms with van der Waals surface area (Å²) in [4.78, 5) is 8.67. The van der Waals surface area contributed by atoms with Crippen LogP contribution in [0.5, 0.6) is 5.88 Å². The number of nitrogen functional groups attached to an aromatic ring is 1. The normalized spacial score (nSPS) is 11.7. The highest BCUT2D eigenvalue weighted by molar-refractivity contribution is 6.15. The first kappa shape index (κ1) is 11.2. The Morgan fingerprint density at radius 2 is 1.80 bits per heavy atom. The summed E-state index contributed by atoms with van der Waals surface area (Å²) in [6, 6.07) is 12.4. The van der Waals surface area contributed by atoms with Crippen LogP contribution >= 0.6 is 0 Å². The second kappa shape index (κ2) is 3.93. The first-order valence-electron chi connectivity index (χ1n) is 6.62. The topological polar surface area (TPSA) is 61.0 Å². The molecule has 20 heavy (non-hydrogen) atoms. The molecule has 0 unspecified atom stereocenters. The molecular weight excluding hydrogens is 250 g/mol. The van der Waals surface area contributed by atoms with Crippen LogP contribution in [0.1, 0.15) is 6.92 Å². The molecule has 4 heteroatoms. The van der Waals surface area contributed by atoms with Crippen molar-refractivity contribution in [1.29, 1.82) is 0 Å². The molecule has 0 saturated carbocycles. The van der Waals surface area contributed by atoms with Gasteiger partial charge in [-0.3, -0.25) is 0 Å². The predicted octanol–water partition coefficient (Wildman–Crippen LogP) is 3.26. The molecule has 0 spiro atoms. The fraction of sp³-hybridized carbons (Fsp3) is 0.125. The molecule has 0 saturated heterocycles. The fourth-order valence-electron chi connectivity index (χ4n) is 2.88. The Morgan fingerprint density at radius 1 is 1.05 bits per heavy atom. The third kappa shape index (κ3) is 1.36. The van der Waals surface area contributed by atoms with Crippen molar-refractivity contribution in [3.8, 4) is 28.3 Å². The van der Waals surface area contributed by atoms with Gasteiger partial charge in [-0.2, -0.15) is 4.98 Å². The van der Waals surface area contributed by atoms with Gasteiger partial charge in [-0.05, 0) is 23.3 Å². The van der Waals surface area contributed by atoms with Crippen molar-refractivity contribution in [3.63, 3.8) is 0 Å². The van der Waals surface area contributed by atoms with E-state index in [0.717, 1.165) is 22.4 Å². The molecule has 0 amide bonds. The molecule has 0 radical (unpaired) electrons. The molecule has 0 atom stereocenters. The number of benzene rings is 2. The van der Waals surface area contributed by atoms with Gasteiger partial charge in [0.25, 0.3) is 0 Å². The Bertz CT molecular complexity index is 837. The summed E-state index contributed by atoms with van der Waals surface area (Å²) < 4.78 is 5.66. The first-order valence-corrected chi connectivity index (χ1v) is 6.62. The van der Waals surface area contributed by atoms with Gasteiger partial charge >= 0.3 is 0 Å². The van der Waals surface area contributed by atoms with Crippen molar-refractivity contribution in [1.82, 2.24) is 9.97 Å². The van der Waals surface area contributed by atoms with Crippen molar-refractivity contribution in [3.05, 3.63) is 36.4 Å². The Balaban J connectivity index is 2.15. The molecular formula is C16H13N3O. The number of nitrogens with zero attached hydrogens (tertiary/aromatic N) is 2. The quantitative estimate of drug-likeness (QED) is 0.603. The maximum Gasteiger partial charge on any atom is 0.226 e. The maximum absolute atomic E-state index is 5.82. The Hall–Kier alpha value is -2.62. The van der Waals surface area contributed by atoms with E-state index in [1.807, 2.05) is 19.1 Å². The van der Waals surface area contributed by atoms with Crippen LogP contribution < -0.4 is 10.5 Å². The lowest BCUT2D eigenvalue weighted by Gasteiger charge is -2.09. The Kier molecular flexibility index (Phi) is 2.21. The van der Waals surface area contributed by atoms with E-state index in [4.69, 9.17) is 10.5 Å². The van der Waals surface area contributed by atoms with Crippen LogP contribution in [-0.4, -0.2) is 16.6 Å². The predicted molar refractivity (Wildman–Crippen MR) is 79.5 cm³/mol. The Morgan fingerprint density at radius 3 is 2.55 bits per heavy atom. The van der Waals surface area contributed by atoms with E-state index in [9.17, 15) is 0 Å². The SMILES string of the molecule is CCOc1nc(N)nc2c1-c1cccc3cccc-2c13. The highest BCUT2D eigenvalue weighted by Gasteiger charge is 2.27. The highest BCUT2D eigenvalue weighted by atomic mass is 16.5. The molecule has 4 nitrogen and oxygen atoms in total. The number of nitrogens with two attached hydrogens (primary N) is 1. The summed E-state index contributed by atoms with van der Waals surface area (Å²) >= 11 is 0. The molecule has 2 N–H and O–H groups in total. The molecule has 3 aromatic rings. The molecule has 0 aliphatic heterocycles. The van der Waals surface area contributed by atoms with Gasteiger partial charge < -0.3 is 10.5 Å². The summed E-state index contributed by atoms with van der Waals surface area (Å²) in [6.45, 7) is 2.49. The van der Waals surface area contributed by atoms with Gasteiger partial charge in [-0.15, -0.1) is 0 Å². The number of fused-ring (bicyclic) bond motifs is 3. The number of ether oxygens (including phenoxy) is 1.